The molecule has 0 spiro atoms. The second-order valence-electron chi connectivity index (χ2n) is 6.57. The van der Waals surface area contributed by atoms with Gasteiger partial charge in [0.2, 0.25) is 0 Å². The van der Waals surface area contributed by atoms with Gasteiger partial charge in [-0.25, -0.2) is 4.79 Å². The van der Waals surface area contributed by atoms with Crippen molar-refractivity contribution < 1.29 is 28.8 Å². The first kappa shape index (κ1) is 22.2. The maximum absolute atomic E-state index is 12.3. The Labute approximate surface area is 182 Å². The molecule has 1 amide bonds. The van der Waals surface area contributed by atoms with Crippen LogP contribution < -0.4 is 10.1 Å². The fourth-order valence-electron chi connectivity index (χ4n) is 2.72. The number of esters is 1. The van der Waals surface area contributed by atoms with E-state index < -0.39 is 23.3 Å². The van der Waals surface area contributed by atoms with Crippen LogP contribution in [0.4, 0.5) is 11.4 Å². The van der Waals surface area contributed by atoms with E-state index in [-0.39, 0.29) is 22.7 Å². The number of nitrogens with zero attached hydrogens (tertiary/aromatic N) is 1. The molecule has 0 unspecified atom stereocenters. The van der Waals surface area contributed by atoms with E-state index in [0.29, 0.717) is 17.0 Å². The number of nitrogens with one attached hydrogen (secondary N) is 1. The predicted molar refractivity (Wildman–Crippen MR) is 115 cm³/mol. The van der Waals surface area contributed by atoms with E-state index in [0.717, 1.165) is 0 Å². The lowest BCUT2D eigenvalue weighted by atomic mass is 10.1. The zero-order valence-electron chi connectivity index (χ0n) is 16.9. The zero-order valence-corrected chi connectivity index (χ0v) is 16.9. The lowest BCUT2D eigenvalue weighted by Gasteiger charge is -2.08. The third-order valence-electron chi connectivity index (χ3n) is 4.44. The van der Waals surface area contributed by atoms with Crippen molar-refractivity contribution in [3.63, 3.8) is 0 Å². The predicted octanol–water partition coefficient (Wildman–Crippen LogP) is 3.90. The van der Waals surface area contributed by atoms with Crippen LogP contribution in [-0.2, 0) is 4.74 Å². The number of benzene rings is 3. The summed E-state index contributed by atoms with van der Waals surface area (Å²) in [6, 6.07) is 17.7. The Morgan fingerprint density at radius 1 is 0.906 bits per heavy atom. The van der Waals surface area contributed by atoms with Crippen LogP contribution in [0.1, 0.15) is 31.1 Å². The van der Waals surface area contributed by atoms with Crippen molar-refractivity contribution in [2.45, 2.75) is 0 Å². The molecule has 0 bridgehead atoms. The van der Waals surface area contributed by atoms with Crippen molar-refractivity contribution in [2.24, 2.45) is 0 Å². The minimum absolute atomic E-state index is 0.142. The number of carbonyl (C=O) groups is 3. The van der Waals surface area contributed by atoms with E-state index in [4.69, 9.17) is 9.47 Å². The molecule has 0 heterocycles. The average Bonchev–Trinajstić information content (AvgIpc) is 2.82. The minimum atomic E-state index is -0.717. The van der Waals surface area contributed by atoms with Gasteiger partial charge in [-0.3, -0.25) is 19.7 Å². The lowest BCUT2D eigenvalue weighted by Crippen LogP contribution is -2.15. The maximum Gasteiger partial charge on any atom is 0.338 e. The summed E-state index contributed by atoms with van der Waals surface area (Å²) in [4.78, 5) is 46.7. The van der Waals surface area contributed by atoms with Gasteiger partial charge < -0.3 is 14.8 Å². The fraction of sp³-hybridized carbons (Fsp3) is 0.0870. The number of carbonyl (C=O) groups excluding carboxylic acids is 3. The molecule has 0 atom stereocenters. The van der Waals surface area contributed by atoms with Gasteiger partial charge in [-0.2, -0.15) is 0 Å². The molecule has 0 aliphatic heterocycles. The summed E-state index contributed by atoms with van der Waals surface area (Å²) in [7, 11) is 1.51. The fourth-order valence-corrected chi connectivity index (χ4v) is 2.72. The van der Waals surface area contributed by atoms with Crippen molar-refractivity contribution in [1.29, 1.82) is 0 Å². The normalized spacial score (nSPS) is 10.2. The summed E-state index contributed by atoms with van der Waals surface area (Å²) in [5.41, 5.74) is 1.13. The van der Waals surface area contributed by atoms with E-state index in [1.54, 1.807) is 24.3 Å². The number of methoxy groups -OCH3 is 1. The maximum atomic E-state index is 12.3. The molecule has 0 aliphatic carbocycles. The topological polar surface area (TPSA) is 125 Å². The van der Waals surface area contributed by atoms with Gasteiger partial charge in [0.25, 0.3) is 11.6 Å². The number of nitro groups is 1. The van der Waals surface area contributed by atoms with Gasteiger partial charge in [0.05, 0.1) is 17.6 Å². The molecular formula is C23H18N2O7. The molecule has 3 aromatic rings. The van der Waals surface area contributed by atoms with Crippen molar-refractivity contribution in [3.05, 3.63) is 99.6 Å². The number of ketones is 1. The molecule has 9 heteroatoms. The standard InChI is InChI=1S/C23H18N2O7/c1-31-20-4-2-3-17(13-20)22(27)24-18-9-5-16(6-10-18)23(28)32-14-21(26)15-7-11-19(12-8-15)25(29)30/h2-13H,14H2,1H3,(H,24,27). The molecule has 9 nitrogen and oxygen atoms in total. The first-order chi connectivity index (χ1) is 15.4. The van der Waals surface area contributed by atoms with Crippen LogP contribution in [0.5, 0.6) is 5.75 Å². The van der Waals surface area contributed by atoms with Crippen molar-refractivity contribution in [1.82, 2.24) is 0 Å². The van der Waals surface area contributed by atoms with Crippen molar-refractivity contribution in [2.75, 3.05) is 19.0 Å². The number of hydrogen-bond donors (Lipinski definition) is 1. The average molecular weight is 434 g/mol. The molecule has 0 fully saturated rings. The number of non-ortho nitro benzene ring substituents is 1. The Bertz CT molecular complexity index is 1160. The number of hydrogen-bond acceptors (Lipinski definition) is 7. The van der Waals surface area contributed by atoms with E-state index in [1.165, 1.54) is 55.6 Å². The third kappa shape index (κ3) is 5.54. The second kappa shape index (κ2) is 9.98. The first-order valence-electron chi connectivity index (χ1n) is 9.37. The molecule has 0 saturated heterocycles. The largest absolute Gasteiger partial charge is 0.497 e. The first-order valence-corrected chi connectivity index (χ1v) is 9.37. The summed E-state index contributed by atoms with van der Waals surface area (Å²) in [6.07, 6.45) is 0. The van der Waals surface area contributed by atoms with Crippen LogP contribution in [0.3, 0.4) is 0 Å². The van der Waals surface area contributed by atoms with Gasteiger partial charge >= 0.3 is 5.97 Å². The molecule has 0 radical (unpaired) electrons. The van der Waals surface area contributed by atoms with Crippen LogP contribution in [0.25, 0.3) is 0 Å². The molecular weight excluding hydrogens is 416 g/mol. The minimum Gasteiger partial charge on any atom is -0.497 e. The Morgan fingerprint density at radius 2 is 1.56 bits per heavy atom. The highest BCUT2D eigenvalue weighted by Crippen LogP contribution is 2.16. The lowest BCUT2D eigenvalue weighted by molar-refractivity contribution is -0.384. The van der Waals surface area contributed by atoms with Crippen LogP contribution in [0.2, 0.25) is 0 Å². The number of amides is 1. The summed E-state index contributed by atoms with van der Waals surface area (Å²) < 4.78 is 10.1. The highest BCUT2D eigenvalue weighted by atomic mass is 16.6. The van der Waals surface area contributed by atoms with E-state index in [2.05, 4.69) is 5.32 Å². The molecule has 162 valence electrons. The highest BCUT2D eigenvalue weighted by molar-refractivity contribution is 6.05. The van der Waals surface area contributed by atoms with E-state index in [9.17, 15) is 24.5 Å². The van der Waals surface area contributed by atoms with Crippen LogP contribution in [-0.4, -0.2) is 36.3 Å². The Hall–Kier alpha value is -4.53. The van der Waals surface area contributed by atoms with Gasteiger partial charge in [-0.15, -0.1) is 0 Å². The van der Waals surface area contributed by atoms with Gasteiger partial charge in [-0.1, -0.05) is 6.07 Å². The Balaban J connectivity index is 1.55. The zero-order chi connectivity index (χ0) is 23.1. The number of Topliss-reactive ketones (excluding diaryl/α,β-unsaturated/α-hetero) is 1. The molecule has 1 N–H and O–H groups in total. The van der Waals surface area contributed by atoms with Crippen molar-refractivity contribution >= 4 is 29.0 Å². The van der Waals surface area contributed by atoms with Gasteiger partial charge in [0.1, 0.15) is 5.75 Å². The molecule has 3 aromatic carbocycles. The van der Waals surface area contributed by atoms with Crippen LogP contribution in [0.15, 0.2) is 72.8 Å². The number of rotatable bonds is 8. The highest BCUT2D eigenvalue weighted by Gasteiger charge is 2.14. The number of anilines is 1. The molecule has 0 aliphatic rings. The van der Waals surface area contributed by atoms with Gasteiger partial charge in [-0.05, 0) is 54.6 Å². The van der Waals surface area contributed by atoms with E-state index >= 15 is 0 Å². The molecule has 32 heavy (non-hydrogen) atoms. The molecule has 3 rings (SSSR count). The quantitative estimate of drug-likeness (QED) is 0.247. The Morgan fingerprint density at radius 3 is 2.19 bits per heavy atom. The summed E-state index contributed by atoms with van der Waals surface area (Å²) in [5.74, 6) is -0.992. The van der Waals surface area contributed by atoms with Gasteiger partial charge in [0, 0.05) is 28.9 Å². The summed E-state index contributed by atoms with van der Waals surface area (Å²) in [5, 5.41) is 13.4. The van der Waals surface area contributed by atoms with Crippen molar-refractivity contribution in [3.8, 4) is 5.75 Å². The van der Waals surface area contributed by atoms with Crippen LogP contribution >= 0.6 is 0 Å². The molecule has 0 aromatic heterocycles. The number of nitro benzene ring substituents is 1. The summed E-state index contributed by atoms with van der Waals surface area (Å²) >= 11 is 0. The summed E-state index contributed by atoms with van der Waals surface area (Å²) in [6.45, 7) is -0.509. The molecule has 0 saturated carbocycles. The smallest absolute Gasteiger partial charge is 0.338 e. The monoisotopic (exact) mass is 434 g/mol. The van der Waals surface area contributed by atoms with Gasteiger partial charge in [0.15, 0.2) is 12.4 Å². The number of ether oxygens (including phenoxy) is 2. The SMILES string of the molecule is COc1cccc(C(=O)Nc2ccc(C(=O)OCC(=O)c3ccc([N+](=O)[O-])cc3)cc2)c1. The van der Waals surface area contributed by atoms with E-state index in [1.807, 2.05) is 0 Å². The Kier molecular flexibility index (Phi) is 6.92. The van der Waals surface area contributed by atoms with Crippen LogP contribution in [0, 0.1) is 10.1 Å². The second-order valence-corrected chi connectivity index (χ2v) is 6.57. The third-order valence-corrected chi connectivity index (χ3v) is 4.44.